The molecule has 0 amide bonds. The van der Waals surface area contributed by atoms with E-state index in [1.807, 2.05) is 0 Å². The van der Waals surface area contributed by atoms with E-state index < -0.39 is 17.5 Å². The van der Waals surface area contributed by atoms with E-state index in [1.54, 1.807) is 0 Å². The van der Waals surface area contributed by atoms with Gasteiger partial charge in [0.15, 0.2) is 5.60 Å². The third kappa shape index (κ3) is 1.47. The molecule has 0 aromatic carbocycles. The Bertz CT molecular complexity index is 149. The van der Waals surface area contributed by atoms with Crippen LogP contribution in [0.4, 0.5) is 13.2 Å². The van der Waals surface area contributed by atoms with Crippen LogP contribution in [0.25, 0.3) is 0 Å². The molecule has 0 rings (SSSR count). The molecule has 0 aliphatic heterocycles. The van der Waals surface area contributed by atoms with Gasteiger partial charge in [0.1, 0.15) is 0 Å². The summed E-state index contributed by atoms with van der Waals surface area (Å²) < 4.78 is 35.0. The number of rotatable bonds is 1. The van der Waals surface area contributed by atoms with Crippen LogP contribution >= 0.6 is 0 Å². The topological polar surface area (TPSA) is 44.1 Å². The standard InChI is InChI=1S/C5H7F3NO/c1-3(9)4(2,10)5(6,7)8/h9-10H,1H2,2H3. The summed E-state index contributed by atoms with van der Waals surface area (Å²) >= 11 is 0. The second kappa shape index (κ2) is 2.23. The number of hydrogen-bond donors (Lipinski definition) is 2. The summed E-state index contributed by atoms with van der Waals surface area (Å²) in [5.74, 6) is 0. The number of hydrogen-bond acceptors (Lipinski definition) is 2. The summed E-state index contributed by atoms with van der Waals surface area (Å²) in [7, 11) is 0. The molecular weight excluding hydrogens is 147 g/mol. The van der Waals surface area contributed by atoms with Gasteiger partial charge in [-0.2, -0.15) is 13.2 Å². The molecule has 0 saturated carbocycles. The molecule has 1 radical (unpaired) electrons. The Morgan fingerprint density at radius 2 is 1.80 bits per heavy atom. The minimum atomic E-state index is -4.81. The minimum absolute atomic E-state index is 0.488. The van der Waals surface area contributed by atoms with E-state index in [0.717, 1.165) is 0 Å². The Morgan fingerprint density at radius 1 is 1.50 bits per heavy atom. The summed E-state index contributed by atoms with van der Waals surface area (Å²) in [6.45, 7) is 3.18. The Labute approximate surface area is 56.2 Å². The zero-order chi connectivity index (χ0) is 8.58. The van der Waals surface area contributed by atoms with Crippen LogP contribution in [0.15, 0.2) is 0 Å². The highest BCUT2D eigenvalue weighted by atomic mass is 19.4. The lowest BCUT2D eigenvalue weighted by atomic mass is 10.0. The molecule has 0 aromatic heterocycles. The maximum absolute atomic E-state index is 11.7. The average molecular weight is 154 g/mol. The van der Waals surface area contributed by atoms with Gasteiger partial charge in [-0.05, 0) is 13.8 Å². The maximum Gasteiger partial charge on any atom is 0.422 e. The van der Waals surface area contributed by atoms with E-state index in [2.05, 4.69) is 6.92 Å². The molecule has 1 unspecified atom stereocenters. The zero-order valence-corrected chi connectivity index (χ0v) is 5.29. The molecule has 0 spiro atoms. The number of halogens is 3. The highest BCUT2D eigenvalue weighted by molar-refractivity contribution is 5.93. The summed E-state index contributed by atoms with van der Waals surface area (Å²) in [6, 6.07) is 0. The first-order valence-corrected chi connectivity index (χ1v) is 2.39. The Balaban J connectivity index is 4.57. The van der Waals surface area contributed by atoms with Gasteiger partial charge in [0.25, 0.3) is 0 Å². The van der Waals surface area contributed by atoms with Crippen molar-refractivity contribution in [2.75, 3.05) is 0 Å². The Hall–Kier alpha value is -0.580. The van der Waals surface area contributed by atoms with Crippen molar-refractivity contribution in [3.05, 3.63) is 6.92 Å². The lowest BCUT2D eigenvalue weighted by Gasteiger charge is -2.24. The maximum atomic E-state index is 11.7. The van der Waals surface area contributed by atoms with Crippen LogP contribution in [-0.4, -0.2) is 22.6 Å². The van der Waals surface area contributed by atoms with Crippen molar-refractivity contribution in [2.24, 2.45) is 0 Å². The third-order valence-electron chi connectivity index (χ3n) is 1.14. The van der Waals surface area contributed by atoms with Crippen LogP contribution in [0.1, 0.15) is 6.92 Å². The van der Waals surface area contributed by atoms with Crippen LogP contribution in [0, 0.1) is 12.3 Å². The van der Waals surface area contributed by atoms with Gasteiger partial charge >= 0.3 is 6.18 Å². The van der Waals surface area contributed by atoms with Gasteiger partial charge in [-0.15, -0.1) is 0 Å². The van der Waals surface area contributed by atoms with Crippen LogP contribution in [0.3, 0.4) is 0 Å². The van der Waals surface area contributed by atoms with Crippen LogP contribution in [-0.2, 0) is 0 Å². The predicted molar refractivity (Wildman–Crippen MR) is 29.8 cm³/mol. The Morgan fingerprint density at radius 3 is 1.80 bits per heavy atom. The minimum Gasteiger partial charge on any atom is -0.376 e. The molecule has 5 heteroatoms. The number of nitrogens with one attached hydrogen (secondary N) is 1. The fraction of sp³-hybridized carbons (Fsp3) is 0.600. The smallest absolute Gasteiger partial charge is 0.376 e. The largest absolute Gasteiger partial charge is 0.422 e. The van der Waals surface area contributed by atoms with Gasteiger partial charge in [-0.3, -0.25) is 0 Å². The molecule has 0 aliphatic carbocycles. The fourth-order valence-electron chi connectivity index (χ4n) is 0.171. The average Bonchev–Trinajstić information content (AvgIpc) is 1.62. The SMILES string of the molecule is [CH2]C(=N)C(C)(O)C(F)(F)F. The fourth-order valence-corrected chi connectivity index (χ4v) is 0.171. The van der Waals surface area contributed by atoms with Crippen molar-refractivity contribution in [3.63, 3.8) is 0 Å². The van der Waals surface area contributed by atoms with E-state index in [4.69, 9.17) is 10.5 Å². The first kappa shape index (κ1) is 9.42. The summed E-state index contributed by atoms with van der Waals surface area (Å²) in [5, 5.41) is 15.0. The van der Waals surface area contributed by atoms with E-state index in [0.29, 0.717) is 6.92 Å². The lowest BCUT2D eigenvalue weighted by molar-refractivity contribution is -0.223. The van der Waals surface area contributed by atoms with Crippen molar-refractivity contribution in [1.82, 2.24) is 0 Å². The van der Waals surface area contributed by atoms with Crippen molar-refractivity contribution in [3.8, 4) is 0 Å². The van der Waals surface area contributed by atoms with Gasteiger partial charge < -0.3 is 10.5 Å². The van der Waals surface area contributed by atoms with E-state index >= 15 is 0 Å². The monoisotopic (exact) mass is 154 g/mol. The predicted octanol–water partition coefficient (Wildman–Crippen LogP) is 1.15. The molecule has 0 fully saturated rings. The molecule has 1 atom stereocenters. The number of alkyl halides is 3. The van der Waals surface area contributed by atoms with Gasteiger partial charge in [0.05, 0.1) is 0 Å². The molecule has 0 heterocycles. The molecule has 59 valence electrons. The lowest BCUT2D eigenvalue weighted by Crippen LogP contribution is -2.47. The van der Waals surface area contributed by atoms with Gasteiger partial charge in [-0.1, -0.05) is 0 Å². The molecular formula is C5H7F3NO. The van der Waals surface area contributed by atoms with Crippen LogP contribution in [0.5, 0.6) is 0 Å². The highest BCUT2D eigenvalue weighted by Crippen LogP contribution is 2.30. The van der Waals surface area contributed by atoms with E-state index in [-0.39, 0.29) is 0 Å². The first-order valence-electron chi connectivity index (χ1n) is 2.39. The molecule has 0 bridgehead atoms. The molecule has 10 heavy (non-hydrogen) atoms. The van der Waals surface area contributed by atoms with Crippen LogP contribution < -0.4 is 0 Å². The summed E-state index contributed by atoms with van der Waals surface area (Å²) in [4.78, 5) is 0. The van der Waals surface area contributed by atoms with Gasteiger partial charge in [-0.25, -0.2) is 0 Å². The number of aliphatic hydroxyl groups is 1. The first-order chi connectivity index (χ1) is 4.19. The van der Waals surface area contributed by atoms with E-state index in [9.17, 15) is 13.2 Å². The second-order valence-electron chi connectivity index (χ2n) is 2.05. The Kier molecular flexibility index (Phi) is 2.10. The molecule has 2 N–H and O–H groups in total. The van der Waals surface area contributed by atoms with Crippen molar-refractivity contribution < 1.29 is 18.3 Å². The van der Waals surface area contributed by atoms with Crippen molar-refractivity contribution in [1.29, 1.82) is 5.41 Å². The van der Waals surface area contributed by atoms with Gasteiger partial charge in [0.2, 0.25) is 0 Å². The van der Waals surface area contributed by atoms with Crippen molar-refractivity contribution in [2.45, 2.75) is 18.7 Å². The van der Waals surface area contributed by atoms with Crippen molar-refractivity contribution >= 4 is 5.71 Å². The quantitative estimate of drug-likeness (QED) is 0.547. The highest BCUT2D eigenvalue weighted by Gasteiger charge is 2.51. The molecule has 0 saturated heterocycles. The second-order valence-corrected chi connectivity index (χ2v) is 2.05. The molecule has 0 aromatic rings. The van der Waals surface area contributed by atoms with Gasteiger partial charge in [0, 0.05) is 5.71 Å². The normalized spacial score (nSPS) is 18.2. The molecule has 2 nitrogen and oxygen atoms in total. The van der Waals surface area contributed by atoms with Crippen LogP contribution in [0.2, 0.25) is 0 Å². The summed E-state index contributed by atoms with van der Waals surface area (Å²) in [5.41, 5.74) is -4.15. The van der Waals surface area contributed by atoms with E-state index in [1.165, 1.54) is 0 Å². The zero-order valence-electron chi connectivity index (χ0n) is 5.29. The molecule has 0 aliphatic rings. The summed E-state index contributed by atoms with van der Waals surface area (Å²) in [6.07, 6.45) is -4.81. The third-order valence-corrected chi connectivity index (χ3v) is 1.14.